The van der Waals surface area contributed by atoms with Crippen molar-refractivity contribution in [3.8, 4) is 0 Å². The number of anilines is 1. The third-order valence-corrected chi connectivity index (χ3v) is 5.64. The number of carbonyl (C=O) groups excluding carboxylic acids is 1. The molecule has 2 aromatic rings. The van der Waals surface area contributed by atoms with Crippen molar-refractivity contribution in [2.75, 3.05) is 11.4 Å². The van der Waals surface area contributed by atoms with Crippen LogP contribution >= 0.6 is 22.6 Å². The maximum Gasteiger partial charge on any atom is 0.204 e. The first-order valence-electron chi connectivity index (χ1n) is 7.91. The molecule has 1 saturated heterocycles. The largest absolute Gasteiger partial charge is 0.374 e. The number of rotatable bonds is 1. The summed E-state index contributed by atoms with van der Waals surface area (Å²) in [4.78, 5) is 19.6. The standard InChI is InChI=1S/C19H17IN2O2/c1-11-9-15-16(10-12(11)2)21-18-19(24,17(15)23)7-8-22(18)14-5-3-13(20)4-6-14/h3-6,9-10,24H,7-8H2,1-2H3/t19-/m1/s1. The van der Waals surface area contributed by atoms with Gasteiger partial charge in [0.25, 0.3) is 0 Å². The van der Waals surface area contributed by atoms with Crippen LogP contribution in [0.1, 0.15) is 27.9 Å². The molecule has 2 aromatic carbocycles. The summed E-state index contributed by atoms with van der Waals surface area (Å²) in [6.45, 7) is 4.55. The molecule has 0 bridgehead atoms. The van der Waals surface area contributed by atoms with Crippen molar-refractivity contribution in [2.45, 2.75) is 25.9 Å². The van der Waals surface area contributed by atoms with Gasteiger partial charge < -0.3 is 10.0 Å². The molecule has 0 aromatic heterocycles. The molecule has 2 aliphatic heterocycles. The number of aliphatic imine (C=N–C) groups is 1. The quantitative estimate of drug-likeness (QED) is 0.699. The van der Waals surface area contributed by atoms with E-state index in [9.17, 15) is 9.90 Å². The first-order valence-corrected chi connectivity index (χ1v) is 8.99. The van der Waals surface area contributed by atoms with E-state index in [1.807, 2.05) is 55.1 Å². The fourth-order valence-electron chi connectivity index (χ4n) is 3.37. The summed E-state index contributed by atoms with van der Waals surface area (Å²) in [6.07, 6.45) is 0.364. The summed E-state index contributed by atoms with van der Waals surface area (Å²) in [5.74, 6) is 0.211. The molecule has 0 unspecified atom stereocenters. The molecule has 122 valence electrons. The summed E-state index contributed by atoms with van der Waals surface area (Å²) < 4.78 is 1.14. The molecule has 0 radical (unpaired) electrons. The highest BCUT2D eigenvalue weighted by molar-refractivity contribution is 14.1. The van der Waals surface area contributed by atoms with Crippen LogP contribution in [0.4, 0.5) is 11.4 Å². The van der Waals surface area contributed by atoms with Crippen molar-refractivity contribution in [1.82, 2.24) is 0 Å². The van der Waals surface area contributed by atoms with Gasteiger partial charge in [0.1, 0.15) is 5.84 Å². The molecular weight excluding hydrogens is 415 g/mol. The Balaban J connectivity index is 1.87. The predicted octanol–water partition coefficient (Wildman–Crippen LogP) is 3.78. The van der Waals surface area contributed by atoms with Gasteiger partial charge in [-0.05, 0) is 84.0 Å². The van der Waals surface area contributed by atoms with Gasteiger partial charge in [0.05, 0.1) is 5.69 Å². The topological polar surface area (TPSA) is 52.9 Å². The van der Waals surface area contributed by atoms with Crippen molar-refractivity contribution in [2.24, 2.45) is 4.99 Å². The van der Waals surface area contributed by atoms with Crippen molar-refractivity contribution in [3.05, 3.63) is 56.7 Å². The number of ketones is 1. The summed E-state index contributed by atoms with van der Waals surface area (Å²) >= 11 is 2.26. The molecule has 0 aliphatic carbocycles. The number of hydrogen-bond donors (Lipinski definition) is 1. The molecule has 1 N–H and O–H groups in total. The van der Waals surface area contributed by atoms with Crippen LogP contribution in [0.15, 0.2) is 41.4 Å². The van der Waals surface area contributed by atoms with Crippen LogP contribution in [0.25, 0.3) is 0 Å². The Hall–Kier alpha value is -1.73. The molecule has 0 spiro atoms. The van der Waals surface area contributed by atoms with E-state index >= 15 is 0 Å². The highest BCUT2D eigenvalue weighted by atomic mass is 127. The van der Waals surface area contributed by atoms with Crippen molar-refractivity contribution >= 4 is 45.6 Å². The Kier molecular flexibility index (Phi) is 3.54. The third-order valence-electron chi connectivity index (χ3n) is 4.92. The smallest absolute Gasteiger partial charge is 0.204 e. The lowest BCUT2D eigenvalue weighted by molar-refractivity contribution is 0.0602. The minimum Gasteiger partial charge on any atom is -0.374 e. The molecule has 1 fully saturated rings. The predicted molar refractivity (Wildman–Crippen MR) is 103 cm³/mol. The lowest BCUT2D eigenvalue weighted by Crippen LogP contribution is -2.48. The molecule has 2 heterocycles. The van der Waals surface area contributed by atoms with E-state index < -0.39 is 5.60 Å². The normalized spacial score (nSPS) is 22.2. The van der Waals surface area contributed by atoms with E-state index in [0.29, 0.717) is 30.1 Å². The molecule has 0 saturated carbocycles. The van der Waals surface area contributed by atoms with Gasteiger partial charge in [0.15, 0.2) is 5.60 Å². The fraction of sp³-hybridized carbons (Fsp3) is 0.263. The first kappa shape index (κ1) is 15.8. The maximum absolute atomic E-state index is 13.0. The number of halogens is 1. The second kappa shape index (κ2) is 5.39. The Morgan fingerprint density at radius 3 is 2.54 bits per heavy atom. The SMILES string of the molecule is Cc1cc2c(cc1C)C(=O)[C@]1(O)CCN(c3ccc(I)cc3)C1=N2. The number of aliphatic hydroxyl groups is 1. The molecular formula is C19H17IN2O2. The lowest BCUT2D eigenvalue weighted by Gasteiger charge is -2.30. The van der Waals surface area contributed by atoms with Crippen LogP contribution in [-0.2, 0) is 0 Å². The van der Waals surface area contributed by atoms with Crippen LogP contribution in [0.5, 0.6) is 0 Å². The van der Waals surface area contributed by atoms with Gasteiger partial charge in [-0.15, -0.1) is 0 Å². The van der Waals surface area contributed by atoms with Crippen LogP contribution in [0.3, 0.4) is 0 Å². The molecule has 24 heavy (non-hydrogen) atoms. The maximum atomic E-state index is 13.0. The monoisotopic (exact) mass is 432 g/mol. The minimum absolute atomic E-state index is 0.237. The molecule has 0 amide bonds. The highest BCUT2D eigenvalue weighted by Crippen LogP contribution is 2.40. The average Bonchev–Trinajstić information content (AvgIpc) is 2.89. The Morgan fingerprint density at radius 2 is 1.83 bits per heavy atom. The van der Waals surface area contributed by atoms with Gasteiger partial charge >= 0.3 is 0 Å². The van der Waals surface area contributed by atoms with Crippen LogP contribution in [0, 0.1) is 17.4 Å². The van der Waals surface area contributed by atoms with E-state index in [1.165, 1.54) is 0 Å². The molecule has 2 aliphatic rings. The zero-order chi connectivity index (χ0) is 17.1. The van der Waals surface area contributed by atoms with Gasteiger partial charge in [-0.3, -0.25) is 4.79 Å². The molecule has 4 nitrogen and oxygen atoms in total. The van der Waals surface area contributed by atoms with Crippen molar-refractivity contribution in [3.63, 3.8) is 0 Å². The minimum atomic E-state index is -1.52. The van der Waals surface area contributed by atoms with Gasteiger partial charge in [-0.2, -0.15) is 0 Å². The summed E-state index contributed by atoms with van der Waals surface area (Å²) in [7, 11) is 0. The van der Waals surface area contributed by atoms with Crippen LogP contribution in [0.2, 0.25) is 0 Å². The van der Waals surface area contributed by atoms with Crippen LogP contribution in [-0.4, -0.2) is 28.9 Å². The van der Waals surface area contributed by atoms with Crippen molar-refractivity contribution in [1.29, 1.82) is 0 Å². The van der Waals surface area contributed by atoms with E-state index in [1.54, 1.807) is 0 Å². The zero-order valence-electron chi connectivity index (χ0n) is 13.5. The number of aryl methyl sites for hydroxylation is 2. The zero-order valence-corrected chi connectivity index (χ0v) is 15.7. The number of amidine groups is 1. The van der Waals surface area contributed by atoms with Crippen LogP contribution < -0.4 is 4.90 Å². The van der Waals surface area contributed by atoms with E-state index in [4.69, 9.17) is 0 Å². The van der Waals surface area contributed by atoms with E-state index in [0.717, 1.165) is 20.4 Å². The Labute approximate surface area is 154 Å². The number of fused-ring (bicyclic) bond motifs is 2. The number of carbonyl (C=O) groups is 1. The van der Waals surface area contributed by atoms with E-state index in [2.05, 4.69) is 27.6 Å². The average molecular weight is 432 g/mol. The van der Waals surface area contributed by atoms with Gasteiger partial charge in [0.2, 0.25) is 5.78 Å². The van der Waals surface area contributed by atoms with Crippen molar-refractivity contribution < 1.29 is 9.90 Å². The first-order chi connectivity index (χ1) is 11.4. The second-order valence-electron chi connectivity index (χ2n) is 6.46. The van der Waals surface area contributed by atoms with Gasteiger partial charge in [0, 0.05) is 27.8 Å². The van der Waals surface area contributed by atoms with Gasteiger partial charge in [-0.25, -0.2) is 4.99 Å². The third kappa shape index (κ3) is 2.22. The number of Topliss-reactive ketones (excluding diaryl/α,β-unsaturated/α-hetero) is 1. The Bertz CT molecular complexity index is 889. The van der Waals surface area contributed by atoms with Gasteiger partial charge in [-0.1, -0.05) is 0 Å². The Morgan fingerprint density at radius 1 is 1.17 bits per heavy atom. The summed E-state index contributed by atoms with van der Waals surface area (Å²) in [5, 5.41) is 11.0. The number of nitrogens with zero attached hydrogens (tertiary/aromatic N) is 2. The second-order valence-corrected chi connectivity index (χ2v) is 7.70. The lowest BCUT2D eigenvalue weighted by atomic mass is 9.86. The number of hydrogen-bond acceptors (Lipinski definition) is 4. The molecule has 4 rings (SSSR count). The summed E-state index contributed by atoms with van der Waals surface area (Å²) in [5.41, 5.74) is 2.74. The highest BCUT2D eigenvalue weighted by Gasteiger charge is 2.52. The molecule has 5 heteroatoms. The van der Waals surface area contributed by atoms with E-state index in [-0.39, 0.29) is 5.78 Å². The fourth-order valence-corrected chi connectivity index (χ4v) is 3.73. The molecule has 1 atom stereocenters. The number of benzene rings is 2. The summed E-state index contributed by atoms with van der Waals surface area (Å²) in [6, 6.07) is 11.8.